The summed E-state index contributed by atoms with van der Waals surface area (Å²) in [6.45, 7) is 8.20. The highest BCUT2D eigenvalue weighted by molar-refractivity contribution is 5.99. The van der Waals surface area contributed by atoms with Crippen LogP contribution in [-0.4, -0.2) is 24.1 Å². The van der Waals surface area contributed by atoms with Crippen molar-refractivity contribution in [2.45, 2.75) is 91.3 Å². The van der Waals surface area contributed by atoms with Crippen LogP contribution in [0.25, 0.3) is 10.8 Å². The fourth-order valence-corrected chi connectivity index (χ4v) is 3.48. The minimum absolute atomic E-state index is 0.0868. The summed E-state index contributed by atoms with van der Waals surface area (Å²) in [5.74, 6) is -0.601. The number of carbonyl (C=O) groups excluding carboxylic acids is 2. The van der Waals surface area contributed by atoms with Crippen molar-refractivity contribution < 1.29 is 19.1 Å². The first kappa shape index (κ1) is 23.9. The average molecular weight is 413 g/mol. The van der Waals surface area contributed by atoms with Gasteiger partial charge in [-0.15, -0.1) is 0 Å². The van der Waals surface area contributed by atoms with Crippen LogP contribution in [0.15, 0.2) is 36.4 Å². The van der Waals surface area contributed by atoms with Gasteiger partial charge in [0.2, 0.25) is 0 Å². The van der Waals surface area contributed by atoms with E-state index in [2.05, 4.69) is 13.8 Å². The fourth-order valence-electron chi connectivity index (χ4n) is 3.48. The summed E-state index contributed by atoms with van der Waals surface area (Å²) >= 11 is 0. The third-order valence-corrected chi connectivity index (χ3v) is 5.36. The molecule has 30 heavy (non-hydrogen) atoms. The molecule has 2 rings (SSSR count). The average Bonchev–Trinajstić information content (AvgIpc) is 2.73. The van der Waals surface area contributed by atoms with Gasteiger partial charge in [0.1, 0.15) is 0 Å². The van der Waals surface area contributed by atoms with Crippen molar-refractivity contribution in [1.82, 2.24) is 0 Å². The van der Waals surface area contributed by atoms with E-state index in [0.29, 0.717) is 11.1 Å². The summed E-state index contributed by atoms with van der Waals surface area (Å²) < 4.78 is 11.1. The molecule has 0 N–H and O–H groups in total. The van der Waals surface area contributed by atoms with E-state index in [1.807, 2.05) is 38.1 Å². The number of benzene rings is 2. The van der Waals surface area contributed by atoms with E-state index in [1.165, 1.54) is 0 Å². The lowest BCUT2D eigenvalue weighted by atomic mass is 10.0. The van der Waals surface area contributed by atoms with E-state index in [4.69, 9.17) is 9.47 Å². The molecule has 0 saturated heterocycles. The molecule has 2 unspecified atom stereocenters. The maximum atomic E-state index is 12.4. The summed E-state index contributed by atoms with van der Waals surface area (Å²) in [6.07, 6.45) is 8.34. The molecule has 0 heterocycles. The Bertz CT molecular complexity index is 758. The quantitative estimate of drug-likeness (QED) is 0.276. The van der Waals surface area contributed by atoms with Crippen molar-refractivity contribution in [3.05, 3.63) is 47.5 Å². The van der Waals surface area contributed by atoms with Crippen molar-refractivity contribution in [2.75, 3.05) is 0 Å². The number of ether oxygens (including phenoxy) is 2. The summed E-state index contributed by atoms with van der Waals surface area (Å²) in [4.78, 5) is 24.9. The number of hydrogen-bond acceptors (Lipinski definition) is 4. The molecule has 2 aromatic carbocycles. The Morgan fingerprint density at radius 3 is 1.47 bits per heavy atom. The van der Waals surface area contributed by atoms with E-state index in [-0.39, 0.29) is 24.1 Å². The van der Waals surface area contributed by atoms with Gasteiger partial charge in [-0.25, -0.2) is 9.59 Å². The van der Waals surface area contributed by atoms with Gasteiger partial charge < -0.3 is 9.47 Å². The van der Waals surface area contributed by atoms with Crippen LogP contribution >= 0.6 is 0 Å². The van der Waals surface area contributed by atoms with Crippen LogP contribution in [0.2, 0.25) is 0 Å². The van der Waals surface area contributed by atoms with Crippen molar-refractivity contribution >= 4 is 22.7 Å². The third kappa shape index (κ3) is 7.47. The number of rotatable bonds is 12. The standard InChI is InChI=1S/C26H36O4/c1-5-7-9-11-19(3)29-25(27)23-15-13-22-18-24(16-14-21(22)17-23)26(28)30-20(4)12-10-8-6-2/h13-20H,5-12H2,1-4H3. The van der Waals surface area contributed by atoms with Crippen molar-refractivity contribution in [3.63, 3.8) is 0 Å². The lowest BCUT2D eigenvalue weighted by Gasteiger charge is -2.14. The van der Waals surface area contributed by atoms with E-state index in [9.17, 15) is 9.59 Å². The van der Waals surface area contributed by atoms with Gasteiger partial charge >= 0.3 is 11.9 Å². The molecule has 2 atom stereocenters. The molecule has 4 heteroatoms. The Hall–Kier alpha value is -2.36. The van der Waals surface area contributed by atoms with Crippen LogP contribution in [0, 0.1) is 0 Å². The molecule has 2 aromatic rings. The smallest absolute Gasteiger partial charge is 0.338 e. The second-order valence-corrected chi connectivity index (χ2v) is 8.20. The fraction of sp³-hybridized carbons (Fsp3) is 0.538. The molecular weight excluding hydrogens is 376 g/mol. The lowest BCUT2D eigenvalue weighted by molar-refractivity contribution is 0.0309. The van der Waals surface area contributed by atoms with Gasteiger partial charge in [-0.1, -0.05) is 51.7 Å². The van der Waals surface area contributed by atoms with Crippen molar-refractivity contribution in [1.29, 1.82) is 0 Å². The number of hydrogen-bond donors (Lipinski definition) is 0. The molecule has 0 radical (unpaired) electrons. The minimum Gasteiger partial charge on any atom is -0.459 e. The van der Waals surface area contributed by atoms with Gasteiger partial charge in [0.15, 0.2) is 0 Å². The van der Waals surface area contributed by atoms with Crippen LogP contribution in [0.5, 0.6) is 0 Å². The van der Waals surface area contributed by atoms with Gasteiger partial charge in [-0.05, 0) is 74.6 Å². The summed E-state index contributed by atoms with van der Waals surface area (Å²) in [5, 5.41) is 1.80. The van der Waals surface area contributed by atoms with Crippen molar-refractivity contribution in [2.24, 2.45) is 0 Å². The number of esters is 2. The van der Waals surface area contributed by atoms with E-state index >= 15 is 0 Å². The normalized spacial score (nSPS) is 13.1. The van der Waals surface area contributed by atoms with Gasteiger partial charge in [0, 0.05) is 0 Å². The van der Waals surface area contributed by atoms with E-state index in [0.717, 1.165) is 62.1 Å². The van der Waals surface area contributed by atoms with Crippen LogP contribution in [0.3, 0.4) is 0 Å². The van der Waals surface area contributed by atoms with Crippen molar-refractivity contribution in [3.8, 4) is 0 Å². The molecule has 0 aromatic heterocycles. The minimum atomic E-state index is -0.301. The van der Waals surface area contributed by atoms with Crippen LogP contribution in [0.4, 0.5) is 0 Å². The molecule has 0 aliphatic heterocycles. The Morgan fingerprint density at radius 1 is 0.700 bits per heavy atom. The zero-order valence-electron chi connectivity index (χ0n) is 18.9. The number of carbonyl (C=O) groups is 2. The molecule has 0 spiro atoms. The second-order valence-electron chi connectivity index (χ2n) is 8.20. The number of unbranched alkanes of at least 4 members (excludes halogenated alkanes) is 4. The van der Waals surface area contributed by atoms with Crippen LogP contribution in [0.1, 0.15) is 99.8 Å². The predicted molar refractivity (Wildman–Crippen MR) is 122 cm³/mol. The Kier molecular flexibility index (Phi) is 9.85. The maximum absolute atomic E-state index is 12.4. The van der Waals surface area contributed by atoms with E-state index in [1.54, 1.807) is 12.1 Å². The molecule has 0 aliphatic rings. The summed E-state index contributed by atoms with van der Waals surface area (Å²) in [7, 11) is 0. The summed E-state index contributed by atoms with van der Waals surface area (Å²) in [6, 6.07) is 10.9. The topological polar surface area (TPSA) is 52.6 Å². The zero-order valence-corrected chi connectivity index (χ0v) is 18.9. The lowest BCUT2D eigenvalue weighted by Crippen LogP contribution is -2.15. The predicted octanol–water partition coefficient (Wildman–Crippen LogP) is 7.09. The first-order valence-corrected chi connectivity index (χ1v) is 11.4. The third-order valence-electron chi connectivity index (χ3n) is 5.36. The molecule has 4 nitrogen and oxygen atoms in total. The van der Waals surface area contributed by atoms with Crippen LogP contribution < -0.4 is 0 Å². The molecule has 0 saturated carbocycles. The van der Waals surface area contributed by atoms with Gasteiger partial charge in [0.25, 0.3) is 0 Å². The summed E-state index contributed by atoms with van der Waals surface area (Å²) in [5.41, 5.74) is 1.06. The first-order chi connectivity index (χ1) is 14.4. The number of fused-ring (bicyclic) bond motifs is 1. The molecule has 0 fully saturated rings. The Balaban J connectivity index is 1.99. The Morgan fingerprint density at radius 2 is 1.10 bits per heavy atom. The maximum Gasteiger partial charge on any atom is 0.338 e. The highest BCUT2D eigenvalue weighted by Crippen LogP contribution is 2.21. The van der Waals surface area contributed by atoms with Gasteiger partial charge in [0.05, 0.1) is 23.3 Å². The Labute approximate surface area is 181 Å². The zero-order chi connectivity index (χ0) is 21.9. The van der Waals surface area contributed by atoms with Gasteiger partial charge in [-0.3, -0.25) is 0 Å². The second kappa shape index (κ2) is 12.4. The first-order valence-electron chi connectivity index (χ1n) is 11.4. The molecule has 0 amide bonds. The molecule has 0 bridgehead atoms. The largest absolute Gasteiger partial charge is 0.459 e. The monoisotopic (exact) mass is 412 g/mol. The molecule has 0 aliphatic carbocycles. The van der Waals surface area contributed by atoms with E-state index < -0.39 is 0 Å². The molecule has 164 valence electrons. The highest BCUT2D eigenvalue weighted by Gasteiger charge is 2.15. The SMILES string of the molecule is CCCCCC(C)OC(=O)c1ccc2cc(C(=O)OC(C)CCCCC)ccc2c1. The van der Waals surface area contributed by atoms with Gasteiger partial charge in [-0.2, -0.15) is 0 Å². The highest BCUT2D eigenvalue weighted by atomic mass is 16.5. The van der Waals surface area contributed by atoms with Crippen LogP contribution in [-0.2, 0) is 9.47 Å². The molecular formula is C26H36O4.